The van der Waals surface area contributed by atoms with Crippen molar-refractivity contribution >= 4 is 24.2 Å². The SMILES string of the molecule is COc1cc(OC)c(Cl)cc1S. The van der Waals surface area contributed by atoms with Crippen molar-refractivity contribution in [1.29, 1.82) is 0 Å². The summed E-state index contributed by atoms with van der Waals surface area (Å²) in [6, 6.07) is 3.38. The Labute approximate surface area is 81.8 Å². The van der Waals surface area contributed by atoms with E-state index < -0.39 is 0 Å². The Morgan fingerprint density at radius 1 is 1.17 bits per heavy atom. The van der Waals surface area contributed by atoms with Gasteiger partial charge in [-0.3, -0.25) is 0 Å². The number of halogens is 1. The second-order valence-corrected chi connectivity index (χ2v) is 3.05. The Morgan fingerprint density at radius 2 is 1.75 bits per heavy atom. The molecule has 0 aliphatic heterocycles. The van der Waals surface area contributed by atoms with Crippen molar-refractivity contribution in [3.8, 4) is 11.5 Å². The Balaban J connectivity index is 3.18. The molecule has 0 saturated heterocycles. The van der Waals surface area contributed by atoms with Crippen LogP contribution in [0.4, 0.5) is 0 Å². The van der Waals surface area contributed by atoms with E-state index in [-0.39, 0.29) is 0 Å². The minimum absolute atomic E-state index is 0.531. The first-order valence-electron chi connectivity index (χ1n) is 3.29. The molecule has 66 valence electrons. The van der Waals surface area contributed by atoms with E-state index in [0.717, 1.165) is 0 Å². The standard InChI is InChI=1S/C8H9ClO2S/c1-10-6-4-7(11-2)8(12)3-5(6)9/h3-4,12H,1-2H3. The first-order chi connectivity index (χ1) is 5.69. The third-order valence-electron chi connectivity index (χ3n) is 1.45. The van der Waals surface area contributed by atoms with Crippen LogP contribution in [0.5, 0.6) is 11.5 Å². The van der Waals surface area contributed by atoms with Gasteiger partial charge in [0.2, 0.25) is 0 Å². The van der Waals surface area contributed by atoms with Crippen LogP contribution in [-0.4, -0.2) is 14.2 Å². The van der Waals surface area contributed by atoms with Crippen molar-refractivity contribution in [2.45, 2.75) is 4.90 Å². The molecule has 1 rings (SSSR count). The Hall–Kier alpha value is -0.540. The number of ether oxygens (including phenoxy) is 2. The fourth-order valence-electron chi connectivity index (χ4n) is 0.844. The topological polar surface area (TPSA) is 18.5 Å². The molecule has 0 unspecified atom stereocenters. The molecule has 12 heavy (non-hydrogen) atoms. The summed E-state index contributed by atoms with van der Waals surface area (Å²) >= 11 is 10.00. The van der Waals surface area contributed by atoms with Gasteiger partial charge in [-0.1, -0.05) is 11.6 Å². The maximum atomic E-state index is 5.83. The van der Waals surface area contributed by atoms with Gasteiger partial charge in [0.25, 0.3) is 0 Å². The second-order valence-electron chi connectivity index (χ2n) is 2.16. The van der Waals surface area contributed by atoms with Crippen LogP contribution in [0.15, 0.2) is 17.0 Å². The highest BCUT2D eigenvalue weighted by Crippen LogP contribution is 2.34. The van der Waals surface area contributed by atoms with Gasteiger partial charge < -0.3 is 9.47 Å². The Bertz CT molecular complexity index is 263. The molecule has 1 aromatic rings. The Kier molecular flexibility index (Phi) is 3.12. The van der Waals surface area contributed by atoms with Crippen LogP contribution >= 0.6 is 24.2 Å². The lowest BCUT2D eigenvalue weighted by molar-refractivity contribution is 0.388. The third-order valence-corrected chi connectivity index (χ3v) is 2.10. The quantitative estimate of drug-likeness (QED) is 0.747. The first kappa shape index (κ1) is 9.55. The predicted molar refractivity (Wildman–Crippen MR) is 51.8 cm³/mol. The molecule has 0 aliphatic carbocycles. The Morgan fingerprint density at radius 3 is 2.25 bits per heavy atom. The molecule has 0 aliphatic rings. The van der Waals surface area contributed by atoms with Crippen molar-refractivity contribution in [2.24, 2.45) is 0 Å². The predicted octanol–water partition coefficient (Wildman–Crippen LogP) is 2.65. The number of hydrogen-bond acceptors (Lipinski definition) is 3. The van der Waals surface area contributed by atoms with Crippen molar-refractivity contribution in [2.75, 3.05) is 14.2 Å². The summed E-state index contributed by atoms with van der Waals surface area (Å²) in [7, 11) is 3.13. The zero-order valence-corrected chi connectivity index (χ0v) is 8.45. The molecule has 0 radical (unpaired) electrons. The number of methoxy groups -OCH3 is 2. The highest BCUT2D eigenvalue weighted by molar-refractivity contribution is 7.80. The summed E-state index contributed by atoms with van der Waals surface area (Å²) in [5, 5.41) is 0.531. The average Bonchev–Trinajstić information content (AvgIpc) is 2.05. The molecule has 4 heteroatoms. The molecule has 0 fully saturated rings. The third kappa shape index (κ3) is 1.79. The first-order valence-corrected chi connectivity index (χ1v) is 4.12. The minimum Gasteiger partial charge on any atom is -0.495 e. The summed E-state index contributed by atoms with van der Waals surface area (Å²) in [6.45, 7) is 0. The van der Waals surface area contributed by atoms with Crippen molar-refractivity contribution in [3.05, 3.63) is 17.2 Å². The fraction of sp³-hybridized carbons (Fsp3) is 0.250. The van der Waals surface area contributed by atoms with Crippen molar-refractivity contribution in [3.63, 3.8) is 0 Å². The summed E-state index contributed by atoms with van der Waals surface area (Å²) in [4.78, 5) is 0.698. The maximum absolute atomic E-state index is 5.83. The van der Waals surface area contributed by atoms with Gasteiger partial charge in [-0.2, -0.15) is 0 Å². The summed E-state index contributed by atoms with van der Waals surface area (Å²) in [6.07, 6.45) is 0. The normalized spacial score (nSPS) is 9.67. The highest BCUT2D eigenvalue weighted by Gasteiger charge is 2.06. The lowest BCUT2D eigenvalue weighted by atomic mass is 10.3. The van der Waals surface area contributed by atoms with E-state index in [4.69, 9.17) is 21.1 Å². The minimum atomic E-state index is 0.531. The van der Waals surface area contributed by atoms with Crippen molar-refractivity contribution in [1.82, 2.24) is 0 Å². The molecule has 0 aromatic heterocycles. The second kappa shape index (κ2) is 3.92. The lowest BCUT2D eigenvalue weighted by Crippen LogP contribution is -1.88. The van der Waals surface area contributed by atoms with E-state index in [1.807, 2.05) is 0 Å². The van der Waals surface area contributed by atoms with E-state index in [0.29, 0.717) is 21.4 Å². The molecule has 2 nitrogen and oxygen atoms in total. The summed E-state index contributed by atoms with van der Waals surface area (Å²) in [5.41, 5.74) is 0. The van der Waals surface area contributed by atoms with E-state index in [1.54, 1.807) is 26.4 Å². The van der Waals surface area contributed by atoms with Crippen LogP contribution < -0.4 is 9.47 Å². The smallest absolute Gasteiger partial charge is 0.141 e. The lowest BCUT2D eigenvalue weighted by Gasteiger charge is -2.07. The van der Waals surface area contributed by atoms with E-state index in [2.05, 4.69) is 12.6 Å². The van der Waals surface area contributed by atoms with Gasteiger partial charge in [0.15, 0.2) is 0 Å². The monoisotopic (exact) mass is 204 g/mol. The van der Waals surface area contributed by atoms with Gasteiger partial charge in [0, 0.05) is 11.0 Å². The molecule has 0 heterocycles. The molecular formula is C8H9ClO2S. The molecule has 0 saturated carbocycles. The van der Waals surface area contributed by atoms with Gasteiger partial charge >= 0.3 is 0 Å². The molecule has 0 spiro atoms. The van der Waals surface area contributed by atoms with Gasteiger partial charge in [-0.25, -0.2) is 0 Å². The molecule has 0 N–H and O–H groups in total. The van der Waals surface area contributed by atoms with Crippen LogP contribution in [0.1, 0.15) is 0 Å². The summed E-state index contributed by atoms with van der Waals surface area (Å²) in [5.74, 6) is 1.24. The fourth-order valence-corrected chi connectivity index (χ4v) is 1.45. The molecular weight excluding hydrogens is 196 g/mol. The number of rotatable bonds is 2. The highest BCUT2D eigenvalue weighted by atomic mass is 35.5. The van der Waals surface area contributed by atoms with Gasteiger partial charge in [-0.15, -0.1) is 12.6 Å². The summed E-state index contributed by atoms with van der Waals surface area (Å²) < 4.78 is 10.0. The van der Waals surface area contributed by atoms with E-state index >= 15 is 0 Å². The number of thiol groups is 1. The molecule has 0 atom stereocenters. The number of hydrogen-bond donors (Lipinski definition) is 1. The van der Waals surface area contributed by atoms with Crippen LogP contribution in [0.25, 0.3) is 0 Å². The van der Waals surface area contributed by atoms with Gasteiger partial charge in [0.05, 0.1) is 19.2 Å². The van der Waals surface area contributed by atoms with Crippen LogP contribution in [0, 0.1) is 0 Å². The van der Waals surface area contributed by atoms with Crippen LogP contribution in [0.3, 0.4) is 0 Å². The molecule has 0 bridgehead atoms. The van der Waals surface area contributed by atoms with Gasteiger partial charge in [0.1, 0.15) is 11.5 Å². The van der Waals surface area contributed by atoms with Crippen LogP contribution in [-0.2, 0) is 0 Å². The van der Waals surface area contributed by atoms with E-state index in [9.17, 15) is 0 Å². The average molecular weight is 205 g/mol. The maximum Gasteiger partial charge on any atom is 0.141 e. The molecule has 0 amide bonds. The van der Waals surface area contributed by atoms with E-state index in [1.165, 1.54) is 0 Å². The van der Waals surface area contributed by atoms with Gasteiger partial charge in [-0.05, 0) is 6.07 Å². The molecule has 1 aromatic carbocycles. The van der Waals surface area contributed by atoms with Crippen LogP contribution in [0.2, 0.25) is 5.02 Å². The number of benzene rings is 1. The largest absolute Gasteiger partial charge is 0.495 e. The zero-order valence-electron chi connectivity index (χ0n) is 6.80. The zero-order chi connectivity index (χ0) is 9.14. The van der Waals surface area contributed by atoms with Crippen molar-refractivity contribution < 1.29 is 9.47 Å².